The number of anilines is 2. The number of likely N-dealkylation sites (N-methyl/N-ethyl adjacent to an activating group) is 1. The van der Waals surface area contributed by atoms with Crippen LogP contribution in [-0.4, -0.2) is 43.8 Å². The molecule has 3 rings (SSSR count). The largest absolute Gasteiger partial charge is 0.370 e. The van der Waals surface area contributed by atoms with Gasteiger partial charge in [-0.15, -0.1) is 0 Å². The summed E-state index contributed by atoms with van der Waals surface area (Å²) in [6.45, 7) is 14.8. The SMILES string of the molecule is CCNc1cccc(C(C)N(CC)C(=O)CN(c2ccc(C)cc2)S(=O)(=O)c2ccc(C(C)(C)C)cc2)n1. The Morgan fingerprint density at radius 2 is 1.61 bits per heavy atom. The zero-order chi connectivity index (χ0) is 28.1. The lowest BCUT2D eigenvalue weighted by Crippen LogP contribution is -2.44. The third-order valence-corrected chi connectivity index (χ3v) is 8.38. The highest BCUT2D eigenvalue weighted by atomic mass is 32.2. The van der Waals surface area contributed by atoms with Crippen molar-refractivity contribution in [3.63, 3.8) is 0 Å². The summed E-state index contributed by atoms with van der Waals surface area (Å²) in [4.78, 5) is 20.2. The third-order valence-electron chi connectivity index (χ3n) is 6.59. The normalized spacial score (nSPS) is 12.6. The Hall–Kier alpha value is -3.39. The number of hydrogen-bond acceptors (Lipinski definition) is 5. The van der Waals surface area contributed by atoms with Gasteiger partial charge in [0.25, 0.3) is 10.0 Å². The molecule has 38 heavy (non-hydrogen) atoms. The Bertz CT molecular complexity index is 1330. The summed E-state index contributed by atoms with van der Waals surface area (Å²) >= 11 is 0. The lowest BCUT2D eigenvalue weighted by Gasteiger charge is -2.31. The van der Waals surface area contributed by atoms with Gasteiger partial charge in [-0.05, 0) is 75.1 Å². The first-order chi connectivity index (χ1) is 17.9. The standard InChI is InChI=1S/C30H40N4O3S/c1-8-31-28-12-10-11-27(32-28)23(4)33(9-2)29(35)21-34(25-17-13-22(3)14-18-25)38(36,37)26-19-15-24(16-20-26)30(5,6)7/h10-20,23H,8-9,21H2,1-7H3,(H,31,32). The number of aromatic nitrogens is 1. The van der Waals surface area contributed by atoms with Crippen molar-refractivity contribution in [3.05, 3.63) is 83.6 Å². The molecule has 3 aromatic rings. The summed E-state index contributed by atoms with van der Waals surface area (Å²) in [5.41, 5.74) is 3.11. The molecule has 1 unspecified atom stereocenters. The molecule has 0 bridgehead atoms. The topological polar surface area (TPSA) is 82.6 Å². The number of nitrogens with zero attached hydrogens (tertiary/aromatic N) is 3. The molecule has 0 saturated carbocycles. The second kappa shape index (κ2) is 12.0. The van der Waals surface area contributed by atoms with E-state index >= 15 is 0 Å². The van der Waals surface area contributed by atoms with Crippen molar-refractivity contribution in [1.82, 2.24) is 9.88 Å². The van der Waals surface area contributed by atoms with Crippen molar-refractivity contribution in [2.24, 2.45) is 0 Å². The van der Waals surface area contributed by atoms with Crippen molar-refractivity contribution in [2.45, 2.75) is 64.8 Å². The molecule has 1 amide bonds. The Kier molecular flexibility index (Phi) is 9.20. The molecule has 0 saturated heterocycles. The van der Waals surface area contributed by atoms with Crippen LogP contribution in [0.4, 0.5) is 11.5 Å². The van der Waals surface area contributed by atoms with Gasteiger partial charge in [-0.2, -0.15) is 0 Å². The van der Waals surface area contributed by atoms with E-state index in [1.807, 2.05) is 70.2 Å². The van der Waals surface area contributed by atoms with Gasteiger partial charge in [0.1, 0.15) is 12.4 Å². The van der Waals surface area contributed by atoms with Crippen LogP contribution in [0.25, 0.3) is 0 Å². The van der Waals surface area contributed by atoms with Crippen LogP contribution in [0.1, 0.15) is 64.4 Å². The Morgan fingerprint density at radius 3 is 2.16 bits per heavy atom. The maximum atomic E-state index is 13.9. The minimum Gasteiger partial charge on any atom is -0.370 e. The molecule has 0 radical (unpaired) electrons. The number of aryl methyl sites for hydroxylation is 1. The fourth-order valence-electron chi connectivity index (χ4n) is 4.28. The molecule has 2 aromatic carbocycles. The van der Waals surface area contributed by atoms with Crippen LogP contribution in [0.2, 0.25) is 0 Å². The van der Waals surface area contributed by atoms with Crippen LogP contribution in [-0.2, 0) is 20.2 Å². The van der Waals surface area contributed by atoms with E-state index in [0.717, 1.165) is 29.2 Å². The van der Waals surface area contributed by atoms with Crippen molar-refractivity contribution in [1.29, 1.82) is 0 Å². The summed E-state index contributed by atoms with van der Waals surface area (Å²) in [7, 11) is -4.01. The second-order valence-corrected chi connectivity index (χ2v) is 12.3. The summed E-state index contributed by atoms with van der Waals surface area (Å²) in [5, 5.41) is 3.20. The van der Waals surface area contributed by atoms with Gasteiger partial charge < -0.3 is 10.2 Å². The average molecular weight is 537 g/mol. The van der Waals surface area contributed by atoms with Crippen molar-refractivity contribution in [3.8, 4) is 0 Å². The lowest BCUT2D eigenvalue weighted by atomic mass is 9.87. The number of carbonyl (C=O) groups excluding carboxylic acids is 1. The molecule has 204 valence electrons. The number of nitrogens with one attached hydrogen (secondary N) is 1. The van der Waals surface area contributed by atoms with E-state index in [-0.39, 0.29) is 28.8 Å². The average Bonchev–Trinajstić information content (AvgIpc) is 2.88. The molecule has 7 nitrogen and oxygen atoms in total. The number of pyridine rings is 1. The first kappa shape index (κ1) is 29.2. The Morgan fingerprint density at radius 1 is 0.974 bits per heavy atom. The summed E-state index contributed by atoms with van der Waals surface area (Å²) in [6.07, 6.45) is 0. The van der Waals surface area contributed by atoms with Gasteiger partial charge in [-0.1, -0.05) is 56.7 Å². The van der Waals surface area contributed by atoms with Crippen molar-refractivity contribution < 1.29 is 13.2 Å². The quantitative estimate of drug-likeness (QED) is 0.348. The van der Waals surface area contributed by atoms with Crippen molar-refractivity contribution >= 4 is 27.4 Å². The molecule has 1 atom stereocenters. The van der Waals surface area contributed by atoms with Crippen LogP contribution >= 0.6 is 0 Å². The van der Waals surface area contributed by atoms with Gasteiger partial charge in [0.2, 0.25) is 5.91 Å². The molecular weight excluding hydrogens is 496 g/mol. The molecule has 1 N–H and O–H groups in total. The number of amides is 1. The first-order valence-corrected chi connectivity index (χ1v) is 14.5. The van der Waals surface area contributed by atoms with Crippen LogP contribution in [0, 0.1) is 6.92 Å². The number of rotatable bonds is 10. The Labute approximate surface area is 228 Å². The molecule has 0 aliphatic rings. The van der Waals surface area contributed by atoms with E-state index < -0.39 is 10.0 Å². The van der Waals surface area contributed by atoms with E-state index in [1.165, 1.54) is 4.31 Å². The minimum absolute atomic E-state index is 0.106. The molecule has 8 heteroatoms. The second-order valence-electron chi connectivity index (χ2n) is 10.5. The number of carbonyl (C=O) groups is 1. The monoisotopic (exact) mass is 536 g/mol. The van der Waals surface area contributed by atoms with Gasteiger partial charge in [0.05, 0.1) is 22.3 Å². The maximum Gasteiger partial charge on any atom is 0.264 e. The predicted molar refractivity (Wildman–Crippen MR) is 155 cm³/mol. The maximum absolute atomic E-state index is 13.9. The summed E-state index contributed by atoms with van der Waals surface area (Å²) < 4.78 is 29.0. The van der Waals surface area contributed by atoms with Gasteiger partial charge >= 0.3 is 0 Å². The van der Waals surface area contributed by atoms with Gasteiger partial charge in [-0.3, -0.25) is 9.10 Å². The molecule has 0 aliphatic carbocycles. The van der Waals surface area contributed by atoms with Gasteiger partial charge in [0, 0.05) is 13.1 Å². The van der Waals surface area contributed by atoms with Crippen LogP contribution in [0.15, 0.2) is 71.6 Å². The van der Waals surface area contributed by atoms with Crippen LogP contribution < -0.4 is 9.62 Å². The Balaban J connectivity index is 1.97. The van der Waals surface area contributed by atoms with Gasteiger partial charge in [0.15, 0.2) is 0 Å². The lowest BCUT2D eigenvalue weighted by molar-refractivity contribution is -0.131. The fourth-order valence-corrected chi connectivity index (χ4v) is 5.70. The number of sulfonamides is 1. The molecule has 0 spiro atoms. The molecule has 0 fully saturated rings. The van der Waals surface area contributed by atoms with Crippen LogP contribution in [0.3, 0.4) is 0 Å². The minimum atomic E-state index is -4.01. The van der Waals surface area contributed by atoms with Crippen LogP contribution in [0.5, 0.6) is 0 Å². The fraction of sp³-hybridized carbons (Fsp3) is 0.400. The van der Waals surface area contributed by atoms with Gasteiger partial charge in [-0.25, -0.2) is 13.4 Å². The predicted octanol–water partition coefficient (Wildman–Crippen LogP) is 5.92. The van der Waals surface area contributed by atoms with E-state index in [9.17, 15) is 13.2 Å². The first-order valence-electron chi connectivity index (χ1n) is 13.1. The van der Waals surface area contributed by atoms with Crippen molar-refractivity contribution in [2.75, 3.05) is 29.3 Å². The van der Waals surface area contributed by atoms with E-state index in [4.69, 9.17) is 0 Å². The zero-order valence-corrected chi connectivity index (χ0v) is 24.3. The highest BCUT2D eigenvalue weighted by molar-refractivity contribution is 7.92. The number of hydrogen-bond donors (Lipinski definition) is 1. The van der Waals surface area contributed by atoms with E-state index in [0.29, 0.717) is 12.2 Å². The summed E-state index contributed by atoms with van der Waals surface area (Å²) in [5.74, 6) is 0.439. The molecule has 1 aromatic heterocycles. The number of benzene rings is 2. The highest BCUT2D eigenvalue weighted by Crippen LogP contribution is 2.28. The smallest absolute Gasteiger partial charge is 0.264 e. The van der Waals surface area contributed by atoms with E-state index in [2.05, 4.69) is 31.1 Å². The molecule has 0 aliphatic heterocycles. The summed E-state index contributed by atoms with van der Waals surface area (Å²) in [6, 6.07) is 19.4. The third kappa shape index (κ3) is 6.72. The highest BCUT2D eigenvalue weighted by Gasteiger charge is 2.31. The van der Waals surface area contributed by atoms with E-state index in [1.54, 1.807) is 29.2 Å². The molecular formula is C30H40N4O3S. The zero-order valence-electron chi connectivity index (χ0n) is 23.5. The molecule has 1 heterocycles.